The lowest BCUT2D eigenvalue weighted by Gasteiger charge is -2.14. The molecule has 36 heavy (non-hydrogen) atoms. The Balaban J connectivity index is 1.63. The number of hydrogen-bond acceptors (Lipinski definition) is 6. The molecule has 9 heteroatoms. The number of hydrogen-bond donors (Lipinski definition) is 3. The van der Waals surface area contributed by atoms with E-state index in [0.29, 0.717) is 34.5 Å². The lowest BCUT2D eigenvalue weighted by atomic mass is 10.1. The zero-order chi connectivity index (χ0) is 25.7. The van der Waals surface area contributed by atoms with E-state index < -0.39 is 17.4 Å². The number of pyridine rings is 1. The maximum absolute atomic E-state index is 13.2. The van der Waals surface area contributed by atoms with E-state index in [0.717, 1.165) is 10.1 Å². The molecule has 0 aliphatic carbocycles. The lowest BCUT2D eigenvalue weighted by molar-refractivity contribution is -0.136. The number of rotatable bonds is 6. The Labute approximate surface area is 206 Å². The fraction of sp³-hybridized carbons (Fsp3) is 0.111. The van der Waals surface area contributed by atoms with Gasteiger partial charge in [0.15, 0.2) is 0 Å². The van der Waals surface area contributed by atoms with Crippen LogP contribution in [0.15, 0.2) is 82.7 Å². The molecule has 3 N–H and O–H groups in total. The van der Waals surface area contributed by atoms with E-state index in [9.17, 15) is 19.5 Å². The number of carbonyl (C=O) groups is 2. The van der Waals surface area contributed by atoms with E-state index in [4.69, 9.17) is 4.74 Å². The van der Waals surface area contributed by atoms with Crippen molar-refractivity contribution < 1.29 is 19.4 Å². The summed E-state index contributed by atoms with van der Waals surface area (Å²) in [7, 11) is 0. The molecule has 0 atom stereocenters. The Bertz CT molecular complexity index is 1510. The molecule has 0 saturated carbocycles. The maximum atomic E-state index is 13.2. The van der Waals surface area contributed by atoms with Crippen LogP contribution in [0.25, 0.3) is 16.5 Å². The van der Waals surface area contributed by atoms with Gasteiger partial charge in [-0.15, -0.1) is 0 Å². The Morgan fingerprint density at radius 2 is 1.64 bits per heavy atom. The zero-order valence-electron chi connectivity index (χ0n) is 19.7. The topological polar surface area (TPSA) is 122 Å². The third kappa shape index (κ3) is 5.10. The van der Waals surface area contributed by atoms with Crippen LogP contribution in [0.1, 0.15) is 18.1 Å². The van der Waals surface area contributed by atoms with Gasteiger partial charge in [0.2, 0.25) is 5.88 Å². The molecule has 4 rings (SSSR count). The maximum Gasteiger partial charge on any atom is 0.329 e. The molecule has 0 unspecified atom stereocenters. The van der Waals surface area contributed by atoms with Gasteiger partial charge in [-0.2, -0.15) is 5.10 Å². The highest BCUT2D eigenvalue weighted by atomic mass is 16.5. The molecule has 1 heterocycles. The molecule has 1 aromatic heterocycles. The molecule has 0 radical (unpaired) electrons. The normalized spacial score (nSPS) is 10.9. The molecule has 9 nitrogen and oxygen atoms in total. The van der Waals surface area contributed by atoms with Crippen molar-refractivity contribution in [1.29, 1.82) is 0 Å². The Hall–Kier alpha value is -4.92. The van der Waals surface area contributed by atoms with Gasteiger partial charge in [0.05, 0.1) is 24.1 Å². The SMILES string of the molecule is CCOc1ccc(-n2c(O)c(/C=N\NC(=O)C(=O)Nc3ccc(C)cc3)c3ccccc3c2=O)cc1. The number of nitrogens with zero attached hydrogens (tertiary/aromatic N) is 2. The first kappa shape index (κ1) is 24.2. The fourth-order valence-electron chi connectivity index (χ4n) is 3.62. The number of ether oxygens (including phenoxy) is 1. The summed E-state index contributed by atoms with van der Waals surface area (Å²) >= 11 is 0. The quantitative estimate of drug-likeness (QED) is 0.220. The Morgan fingerprint density at radius 1 is 0.972 bits per heavy atom. The van der Waals surface area contributed by atoms with Gasteiger partial charge in [0, 0.05) is 16.5 Å². The summed E-state index contributed by atoms with van der Waals surface area (Å²) in [4.78, 5) is 37.6. The van der Waals surface area contributed by atoms with Crippen molar-refractivity contribution in [3.8, 4) is 17.3 Å². The molecule has 0 fully saturated rings. The number of fused-ring (bicyclic) bond motifs is 1. The number of aromatic nitrogens is 1. The average molecular weight is 485 g/mol. The van der Waals surface area contributed by atoms with E-state index >= 15 is 0 Å². The van der Waals surface area contributed by atoms with Crippen LogP contribution in [-0.4, -0.2) is 34.3 Å². The van der Waals surface area contributed by atoms with Crippen molar-refractivity contribution >= 4 is 34.5 Å². The predicted octanol–water partition coefficient (Wildman–Crippen LogP) is 3.49. The highest BCUT2D eigenvalue weighted by Gasteiger charge is 2.17. The number of benzene rings is 3. The van der Waals surface area contributed by atoms with Crippen molar-refractivity contribution in [2.45, 2.75) is 13.8 Å². The van der Waals surface area contributed by atoms with Crippen LogP contribution in [0.2, 0.25) is 0 Å². The van der Waals surface area contributed by atoms with Crippen molar-refractivity contribution in [2.24, 2.45) is 5.10 Å². The summed E-state index contributed by atoms with van der Waals surface area (Å²) in [6, 6.07) is 20.4. The van der Waals surface area contributed by atoms with Crippen LogP contribution < -0.4 is 21.0 Å². The van der Waals surface area contributed by atoms with Crippen molar-refractivity contribution in [3.05, 3.63) is 94.3 Å². The first-order valence-electron chi connectivity index (χ1n) is 11.2. The zero-order valence-corrected chi connectivity index (χ0v) is 19.7. The summed E-state index contributed by atoms with van der Waals surface area (Å²) in [6.45, 7) is 4.27. The van der Waals surface area contributed by atoms with Crippen LogP contribution in [0, 0.1) is 6.92 Å². The molecule has 2 amide bonds. The van der Waals surface area contributed by atoms with Gasteiger partial charge in [0.25, 0.3) is 5.56 Å². The minimum absolute atomic E-state index is 0.193. The third-order valence-electron chi connectivity index (χ3n) is 5.38. The van der Waals surface area contributed by atoms with Gasteiger partial charge in [-0.3, -0.25) is 14.4 Å². The average Bonchev–Trinajstić information content (AvgIpc) is 2.88. The van der Waals surface area contributed by atoms with E-state index in [-0.39, 0.29) is 11.4 Å². The standard InChI is InChI=1S/C27H24N4O5/c1-3-36-20-14-12-19(13-15-20)31-26(34)22-7-5-4-6-21(22)23(27(31)35)16-28-30-25(33)24(32)29-18-10-8-17(2)9-11-18/h4-16,35H,3H2,1-2H3,(H,29,32)(H,30,33)/b28-16-. The highest BCUT2D eigenvalue weighted by Crippen LogP contribution is 2.26. The van der Waals surface area contributed by atoms with E-state index in [2.05, 4.69) is 15.8 Å². The van der Waals surface area contributed by atoms with Gasteiger partial charge in [0.1, 0.15) is 5.75 Å². The molecule has 0 aliphatic heterocycles. The molecule has 0 bridgehead atoms. The van der Waals surface area contributed by atoms with E-state index in [1.807, 2.05) is 13.8 Å². The molecule has 3 aromatic carbocycles. The number of hydrazone groups is 1. The van der Waals surface area contributed by atoms with Gasteiger partial charge in [-0.25, -0.2) is 9.99 Å². The number of aryl methyl sites for hydroxylation is 1. The molecule has 182 valence electrons. The van der Waals surface area contributed by atoms with Crippen LogP contribution >= 0.6 is 0 Å². The monoisotopic (exact) mass is 484 g/mol. The number of anilines is 1. The lowest BCUT2D eigenvalue weighted by Crippen LogP contribution is -2.32. The molecule has 0 spiro atoms. The molecular weight excluding hydrogens is 460 g/mol. The smallest absolute Gasteiger partial charge is 0.329 e. The molecule has 0 aliphatic rings. The number of nitrogens with one attached hydrogen (secondary N) is 2. The third-order valence-corrected chi connectivity index (χ3v) is 5.38. The predicted molar refractivity (Wildman–Crippen MR) is 138 cm³/mol. The largest absolute Gasteiger partial charge is 0.494 e. The first-order valence-corrected chi connectivity index (χ1v) is 11.2. The van der Waals surface area contributed by atoms with Crippen molar-refractivity contribution in [3.63, 3.8) is 0 Å². The van der Waals surface area contributed by atoms with Gasteiger partial charge < -0.3 is 15.2 Å². The minimum atomic E-state index is -0.990. The summed E-state index contributed by atoms with van der Waals surface area (Å²) in [5.74, 6) is -1.63. The van der Waals surface area contributed by atoms with Crippen LogP contribution in [0.5, 0.6) is 11.6 Å². The van der Waals surface area contributed by atoms with Crippen LogP contribution in [0.3, 0.4) is 0 Å². The Kier molecular flexibility index (Phi) is 7.10. The Morgan fingerprint density at radius 3 is 2.31 bits per heavy atom. The number of aromatic hydroxyl groups is 1. The highest BCUT2D eigenvalue weighted by molar-refractivity contribution is 6.39. The molecule has 0 saturated heterocycles. The second kappa shape index (κ2) is 10.6. The summed E-state index contributed by atoms with van der Waals surface area (Å²) < 4.78 is 6.59. The van der Waals surface area contributed by atoms with Gasteiger partial charge >= 0.3 is 11.8 Å². The second-order valence-corrected chi connectivity index (χ2v) is 7.87. The van der Waals surface area contributed by atoms with Crippen molar-refractivity contribution in [1.82, 2.24) is 9.99 Å². The van der Waals surface area contributed by atoms with Gasteiger partial charge in [-0.05, 0) is 56.3 Å². The second-order valence-electron chi connectivity index (χ2n) is 7.87. The van der Waals surface area contributed by atoms with Crippen LogP contribution in [0.4, 0.5) is 5.69 Å². The summed E-state index contributed by atoms with van der Waals surface area (Å²) in [6.07, 6.45) is 1.19. The van der Waals surface area contributed by atoms with Gasteiger partial charge in [-0.1, -0.05) is 35.9 Å². The fourth-order valence-corrected chi connectivity index (χ4v) is 3.62. The minimum Gasteiger partial charge on any atom is -0.494 e. The molecular formula is C27H24N4O5. The van der Waals surface area contributed by atoms with Crippen molar-refractivity contribution in [2.75, 3.05) is 11.9 Å². The first-order chi connectivity index (χ1) is 17.4. The van der Waals surface area contributed by atoms with Crippen LogP contribution in [-0.2, 0) is 9.59 Å². The number of amides is 2. The summed E-state index contributed by atoms with van der Waals surface area (Å²) in [5, 5.41) is 18.1. The van der Waals surface area contributed by atoms with E-state index in [1.165, 1.54) is 6.21 Å². The number of carbonyl (C=O) groups excluding carboxylic acids is 2. The molecule has 4 aromatic rings. The summed E-state index contributed by atoms with van der Waals surface area (Å²) in [5.41, 5.74) is 3.82. The van der Waals surface area contributed by atoms with E-state index in [1.54, 1.807) is 72.8 Å².